The van der Waals surface area contributed by atoms with Gasteiger partial charge < -0.3 is 19.5 Å². The third-order valence-corrected chi connectivity index (χ3v) is 18.1. The lowest BCUT2D eigenvalue weighted by atomic mass is 10.2. The van der Waals surface area contributed by atoms with Gasteiger partial charge in [-0.25, -0.2) is 0 Å². The van der Waals surface area contributed by atoms with Gasteiger partial charge in [0.1, 0.15) is 17.3 Å². The number of fused-ring (bicyclic) bond motifs is 1. The Morgan fingerprint density at radius 3 is 2.17 bits per heavy atom. The smallest absolute Gasteiger partial charge is 0.508 e. The van der Waals surface area contributed by atoms with Gasteiger partial charge in [-0.1, -0.05) is 71.8 Å². The Labute approximate surface area is 317 Å². The second-order valence-electron chi connectivity index (χ2n) is 12.7. The van der Waals surface area contributed by atoms with Gasteiger partial charge in [0.05, 0.1) is 4.86 Å². The summed E-state index contributed by atoms with van der Waals surface area (Å²) in [6, 6.07) is 34.0. The zero-order valence-corrected chi connectivity index (χ0v) is 32.7. The highest BCUT2D eigenvalue weighted by atomic mass is 31.3. The number of para-hydroxylation sites is 2. The van der Waals surface area contributed by atoms with E-state index in [9.17, 15) is 10.2 Å². The fourth-order valence-electron chi connectivity index (χ4n) is 5.93. The molecule has 0 bridgehead atoms. The molecule has 2 saturated heterocycles. The average Bonchev–Trinajstić information content (AvgIpc) is 3.70. The zero-order valence-electron chi connectivity index (χ0n) is 30.0. The highest BCUT2D eigenvalue weighted by molar-refractivity contribution is 7.84. The first-order valence-electron chi connectivity index (χ1n) is 17.5. The predicted octanol–water partition coefficient (Wildman–Crippen LogP) is 10.1. The standard InChI is InChI=1S/C40H41N3O8P3/c1-4-5-18-30(2)47-54(51-37-25-16-9-17-26-37)42-39-40(46-34-19-10-6-11-20-34)52(39,48-35-21-12-7-13-22-35)41-31(3)53(43-54,49-36-23-14-8-15-24-36)50-38-28-32(44)27-33(45)29-38/h4-5,7-8,10,12-16,18-29,31,39-43H,6,11H2,1-3H3/q+1/p+2/b5-4-,30-18+. The van der Waals surface area contributed by atoms with Gasteiger partial charge in [-0.15, -0.1) is 5.09 Å². The monoisotopic (exact) mass is 786 g/mol. The lowest BCUT2D eigenvalue weighted by molar-refractivity contribution is 0.211. The van der Waals surface area contributed by atoms with Crippen LogP contribution in [0.25, 0.3) is 0 Å². The topological polar surface area (TPSA) is 132 Å². The Bertz CT molecular complexity index is 2000. The highest BCUT2D eigenvalue weighted by Crippen LogP contribution is 2.86. The molecular formula is C40H43N3O8P3+3. The molecule has 2 aliphatic heterocycles. The SMILES string of the molecule is C/C=C\C=C(/C)O[P+]1(Oc2cc#ccc2)NC2C(OC3=CCCC=C3)[P+]2(Oc2ccccc2)NC(C)[P+](Oc2ccccc2)(Oc2cc(O)cc(O)c2)N1. The van der Waals surface area contributed by atoms with Gasteiger partial charge in [-0.05, 0) is 88.2 Å². The van der Waals surface area contributed by atoms with Gasteiger partial charge in [0.15, 0.2) is 28.8 Å². The minimum atomic E-state index is -3.66. The van der Waals surface area contributed by atoms with Crippen LogP contribution in [0.15, 0.2) is 145 Å². The summed E-state index contributed by atoms with van der Waals surface area (Å²) in [6.07, 6.45) is 13.6. The van der Waals surface area contributed by atoms with Crippen LogP contribution in [0.1, 0.15) is 33.6 Å². The number of phenolic OH excluding ortho intramolecular Hbond substituents is 2. The maximum absolute atomic E-state index is 10.6. The Morgan fingerprint density at radius 1 is 0.815 bits per heavy atom. The average molecular weight is 787 g/mol. The summed E-state index contributed by atoms with van der Waals surface area (Å²) in [5.74, 6) is 1.03. The molecule has 54 heavy (non-hydrogen) atoms. The Balaban J connectivity index is 1.44. The van der Waals surface area contributed by atoms with Crippen LogP contribution >= 0.6 is 23.5 Å². The van der Waals surface area contributed by atoms with Crippen LogP contribution in [0.4, 0.5) is 0 Å². The number of benzene rings is 3. The van der Waals surface area contributed by atoms with Crippen LogP contribution in [0.3, 0.4) is 0 Å². The first-order valence-corrected chi connectivity index (χ1v) is 22.7. The molecule has 11 nitrogen and oxygen atoms in total. The van der Waals surface area contributed by atoms with Crippen molar-refractivity contribution in [2.24, 2.45) is 0 Å². The Kier molecular flexibility index (Phi) is 11.3. The second-order valence-corrected chi connectivity index (χ2v) is 20.5. The molecule has 5 N–H and O–H groups in total. The molecule has 1 aliphatic carbocycles. The van der Waals surface area contributed by atoms with Crippen molar-refractivity contribution in [2.75, 3.05) is 0 Å². The molecule has 6 atom stereocenters. The van der Waals surface area contributed by atoms with Crippen LogP contribution in [0.5, 0.6) is 34.5 Å². The predicted molar refractivity (Wildman–Crippen MR) is 214 cm³/mol. The Morgan fingerprint density at radius 2 is 1.52 bits per heavy atom. The molecule has 0 spiro atoms. The number of hydrogen-bond acceptors (Lipinski definition) is 11. The lowest BCUT2D eigenvalue weighted by Gasteiger charge is -2.33. The molecule has 4 aromatic rings. The molecule has 2 fully saturated rings. The van der Waals surface area contributed by atoms with Crippen molar-refractivity contribution in [3.63, 3.8) is 0 Å². The molecule has 3 aliphatic rings. The van der Waals surface area contributed by atoms with E-state index in [1.807, 2.05) is 106 Å². The molecular weight excluding hydrogens is 743 g/mol. The molecule has 0 amide bonds. The lowest BCUT2D eigenvalue weighted by Crippen LogP contribution is -2.46. The number of ether oxygens (including phenoxy) is 1. The van der Waals surface area contributed by atoms with E-state index in [0.29, 0.717) is 23.0 Å². The third kappa shape index (κ3) is 8.62. The summed E-state index contributed by atoms with van der Waals surface area (Å²) in [5.41, 5.74) is 0. The molecule has 14 heteroatoms. The van der Waals surface area contributed by atoms with E-state index >= 15 is 0 Å². The van der Waals surface area contributed by atoms with Crippen LogP contribution in [0, 0.1) is 12.1 Å². The Hall–Kier alpha value is -4.77. The number of aromatic hydroxyl groups is 2. The van der Waals surface area contributed by atoms with Crippen molar-refractivity contribution in [2.45, 2.75) is 51.0 Å². The first-order chi connectivity index (χ1) is 26.2. The normalized spacial score (nSPS) is 27.6. The van der Waals surface area contributed by atoms with E-state index < -0.39 is 40.9 Å². The first kappa shape index (κ1) is 37.5. The van der Waals surface area contributed by atoms with Crippen molar-refractivity contribution in [3.8, 4) is 34.5 Å². The number of allylic oxidation sites excluding steroid dienone is 7. The third-order valence-electron chi connectivity index (χ3n) is 8.42. The van der Waals surface area contributed by atoms with Gasteiger partial charge in [0, 0.05) is 24.3 Å². The molecule has 6 unspecified atom stereocenters. The maximum Gasteiger partial charge on any atom is 0.561 e. The number of phenols is 2. The fraction of sp³-hybridized carbons (Fsp3) is 0.200. The molecule has 0 aromatic heterocycles. The van der Waals surface area contributed by atoms with Crippen molar-refractivity contribution in [1.29, 1.82) is 0 Å². The molecule has 2 heterocycles. The summed E-state index contributed by atoms with van der Waals surface area (Å²) in [5, 5.41) is 28.8. The van der Waals surface area contributed by atoms with E-state index in [0.717, 1.165) is 18.6 Å². The highest BCUT2D eigenvalue weighted by Gasteiger charge is 2.91. The quantitative estimate of drug-likeness (QED) is 0.0504. The van der Waals surface area contributed by atoms with E-state index in [1.54, 1.807) is 18.2 Å². The van der Waals surface area contributed by atoms with Crippen molar-refractivity contribution >= 4 is 23.5 Å². The molecule has 0 saturated carbocycles. The maximum atomic E-state index is 10.6. The summed E-state index contributed by atoms with van der Waals surface area (Å²) in [6.45, 7) is 5.71. The van der Waals surface area contributed by atoms with E-state index in [-0.39, 0.29) is 17.2 Å². The van der Waals surface area contributed by atoms with Gasteiger partial charge in [-0.2, -0.15) is 0 Å². The molecule has 278 valence electrons. The van der Waals surface area contributed by atoms with E-state index in [2.05, 4.69) is 39.3 Å². The van der Waals surface area contributed by atoms with Crippen LogP contribution in [-0.4, -0.2) is 27.6 Å². The van der Waals surface area contributed by atoms with E-state index in [4.69, 9.17) is 27.4 Å². The van der Waals surface area contributed by atoms with Gasteiger partial charge in [0.25, 0.3) is 5.78 Å². The van der Waals surface area contributed by atoms with Crippen molar-refractivity contribution < 1.29 is 37.6 Å². The molecule has 7 rings (SSSR count). The number of nitrogens with one attached hydrogen (secondary N) is 3. The van der Waals surface area contributed by atoms with Crippen LogP contribution in [-0.2, 0) is 9.26 Å². The summed E-state index contributed by atoms with van der Waals surface area (Å²) >= 11 is 0. The molecule has 0 radical (unpaired) electrons. The summed E-state index contributed by atoms with van der Waals surface area (Å²) in [7, 11) is -10.2. The number of hydrogen-bond donors (Lipinski definition) is 5. The van der Waals surface area contributed by atoms with Gasteiger partial charge in [-0.3, -0.25) is 18.1 Å². The second kappa shape index (κ2) is 16.3. The van der Waals surface area contributed by atoms with Gasteiger partial charge >= 0.3 is 29.4 Å². The molecule has 4 aromatic carbocycles. The van der Waals surface area contributed by atoms with Crippen LogP contribution < -0.4 is 33.1 Å². The van der Waals surface area contributed by atoms with Crippen LogP contribution in [0.2, 0.25) is 0 Å². The minimum absolute atomic E-state index is 0.148. The largest absolute Gasteiger partial charge is 0.561 e. The minimum Gasteiger partial charge on any atom is -0.508 e. The summed E-state index contributed by atoms with van der Waals surface area (Å²) in [4.78, 5) is 3.67. The van der Waals surface area contributed by atoms with Gasteiger partial charge in [0.2, 0.25) is 5.78 Å². The zero-order chi connectivity index (χ0) is 37.6. The summed E-state index contributed by atoms with van der Waals surface area (Å²) < 4.78 is 41.7. The number of rotatable bonds is 13. The van der Waals surface area contributed by atoms with E-state index in [1.165, 1.54) is 18.2 Å². The van der Waals surface area contributed by atoms with Crippen molar-refractivity contribution in [3.05, 3.63) is 157 Å². The van der Waals surface area contributed by atoms with Crippen molar-refractivity contribution in [1.82, 2.24) is 15.0 Å². The fourth-order valence-corrected chi connectivity index (χ4v) is 17.1.